The first-order chi connectivity index (χ1) is 8.86. The molecule has 0 fully saturated rings. The Hall–Kier alpha value is -0.840. The van der Waals surface area contributed by atoms with Crippen LogP contribution < -0.4 is 10.6 Å². The van der Waals surface area contributed by atoms with Crippen molar-refractivity contribution in [2.45, 2.75) is 32.9 Å². The number of nitrogens with one attached hydrogen (secondary N) is 2. The van der Waals surface area contributed by atoms with E-state index < -0.39 is 11.9 Å². The van der Waals surface area contributed by atoms with E-state index in [-0.39, 0.29) is 17.0 Å². The number of hydrogen-bond acceptors (Lipinski definition) is 2. The molecule has 1 amide bonds. The Kier molecular flexibility index (Phi) is 6.04. The molecule has 2 atom stereocenters. The van der Waals surface area contributed by atoms with Gasteiger partial charge in [0.15, 0.2) is 0 Å². The third kappa shape index (κ3) is 4.34. The van der Waals surface area contributed by atoms with Gasteiger partial charge in [0.1, 0.15) is 5.82 Å². The van der Waals surface area contributed by atoms with Crippen molar-refractivity contribution in [3.05, 3.63) is 33.6 Å². The number of carbonyl (C=O) groups excluding carboxylic acids is 1. The maximum Gasteiger partial charge on any atom is 0.236 e. The van der Waals surface area contributed by atoms with Crippen molar-refractivity contribution < 1.29 is 9.18 Å². The van der Waals surface area contributed by atoms with Crippen molar-refractivity contribution in [3.63, 3.8) is 0 Å². The number of benzene rings is 1. The number of amides is 1. The summed E-state index contributed by atoms with van der Waals surface area (Å²) < 4.78 is 13.4. The van der Waals surface area contributed by atoms with Crippen molar-refractivity contribution in [2.75, 3.05) is 6.54 Å². The monoisotopic (exact) mass is 306 g/mol. The quantitative estimate of drug-likeness (QED) is 0.820. The molecule has 106 valence electrons. The Morgan fingerprint density at radius 3 is 2.53 bits per heavy atom. The molecule has 0 aliphatic heterocycles. The van der Waals surface area contributed by atoms with Gasteiger partial charge >= 0.3 is 0 Å². The summed E-state index contributed by atoms with van der Waals surface area (Å²) >= 11 is 11.7. The van der Waals surface area contributed by atoms with Gasteiger partial charge in [-0.15, -0.1) is 0 Å². The molecule has 1 aromatic carbocycles. The van der Waals surface area contributed by atoms with Crippen LogP contribution in [-0.4, -0.2) is 18.5 Å². The lowest BCUT2D eigenvalue weighted by Crippen LogP contribution is -2.43. The van der Waals surface area contributed by atoms with E-state index in [9.17, 15) is 9.18 Å². The van der Waals surface area contributed by atoms with E-state index >= 15 is 0 Å². The second-order valence-corrected chi connectivity index (χ2v) is 5.11. The van der Waals surface area contributed by atoms with Crippen LogP contribution in [0.3, 0.4) is 0 Å². The number of carbonyl (C=O) groups is 1. The van der Waals surface area contributed by atoms with Gasteiger partial charge in [-0.2, -0.15) is 0 Å². The number of rotatable bonds is 5. The van der Waals surface area contributed by atoms with Crippen LogP contribution in [0, 0.1) is 5.82 Å². The van der Waals surface area contributed by atoms with Crippen molar-refractivity contribution in [3.8, 4) is 0 Å². The van der Waals surface area contributed by atoms with Crippen LogP contribution in [-0.2, 0) is 4.79 Å². The molecule has 2 N–H and O–H groups in total. The van der Waals surface area contributed by atoms with Crippen LogP contribution in [0.5, 0.6) is 0 Å². The van der Waals surface area contributed by atoms with Gasteiger partial charge in [0, 0.05) is 17.6 Å². The second kappa shape index (κ2) is 7.08. The number of likely N-dealkylation sites (N-methyl/N-ethyl adjacent to an activating group) is 1. The molecule has 0 aliphatic rings. The zero-order valence-electron chi connectivity index (χ0n) is 11.1. The molecule has 3 nitrogen and oxygen atoms in total. The van der Waals surface area contributed by atoms with E-state index in [0.29, 0.717) is 17.1 Å². The fraction of sp³-hybridized carbons (Fsp3) is 0.462. The van der Waals surface area contributed by atoms with Crippen LogP contribution >= 0.6 is 23.2 Å². The maximum atomic E-state index is 13.4. The van der Waals surface area contributed by atoms with Gasteiger partial charge in [0.2, 0.25) is 5.91 Å². The first-order valence-electron chi connectivity index (χ1n) is 6.05. The summed E-state index contributed by atoms with van der Waals surface area (Å²) in [5, 5.41) is 6.12. The van der Waals surface area contributed by atoms with E-state index in [0.717, 1.165) is 0 Å². The van der Waals surface area contributed by atoms with Gasteiger partial charge in [-0.3, -0.25) is 10.1 Å². The summed E-state index contributed by atoms with van der Waals surface area (Å²) in [6.45, 7) is 5.96. The molecule has 0 heterocycles. The first-order valence-corrected chi connectivity index (χ1v) is 6.80. The molecule has 0 aliphatic carbocycles. The molecule has 0 radical (unpaired) electrons. The molecule has 2 unspecified atom stereocenters. The fourth-order valence-corrected chi connectivity index (χ4v) is 2.28. The van der Waals surface area contributed by atoms with E-state index in [2.05, 4.69) is 10.6 Å². The molecule has 0 spiro atoms. The van der Waals surface area contributed by atoms with Crippen LogP contribution in [0.4, 0.5) is 4.39 Å². The predicted octanol–water partition coefficient (Wildman–Crippen LogP) is 3.31. The van der Waals surface area contributed by atoms with Crippen LogP contribution in [0.1, 0.15) is 32.4 Å². The zero-order chi connectivity index (χ0) is 14.6. The molecular formula is C13H17Cl2FN2O. The summed E-state index contributed by atoms with van der Waals surface area (Å²) in [5.74, 6) is -0.639. The Balaban J connectivity index is 2.81. The molecule has 0 bridgehead atoms. The topological polar surface area (TPSA) is 41.1 Å². The molecule has 0 aromatic heterocycles. The average molecular weight is 307 g/mol. The Morgan fingerprint density at radius 2 is 1.95 bits per heavy atom. The van der Waals surface area contributed by atoms with Crippen LogP contribution in [0.2, 0.25) is 10.0 Å². The van der Waals surface area contributed by atoms with Gasteiger partial charge in [-0.05, 0) is 38.5 Å². The van der Waals surface area contributed by atoms with Crippen molar-refractivity contribution in [1.29, 1.82) is 0 Å². The molecule has 0 saturated carbocycles. The SMILES string of the molecule is CCNC(=O)C(C)NC(C)c1cc(F)c(Cl)cc1Cl. The highest BCUT2D eigenvalue weighted by atomic mass is 35.5. The Bertz CT molecular complexity index is 468. The normalized spacial score (nSPS) is 14.0. The van der Waals surface area contributed by atoms with Crippen molar-refractivity contribution >= 4 is 29.1 Å². The van der Waals surface area contributed by atoms with E-state index in [1.807, 2.05) is 13.8 Å². The highest BCUT2D eigenvalue weighted by molar-refractivity contribution is 6.35. The minimum absolute atomic E-state index is 0.0160. The summed E-state index contributed by atoms with van der Waals surface area (Å²) in [7, 11) is 0. The number of hydrogen-bond donors (Lipinski definition) is 2. The Labute approximate surface area is 122 Å². The van der Waals surface area contributed by atoms with Gasteiger partial charge in [0.25, 0.3) is 0 Å². The zero-order valence-corrected chi connectivity index (χ0v) is 12.6. The maximum absolute atomic E-state index is 13.4. The number of halogens is 3. The average Bonchev–Trinajstić information content (AvgIpc) is 2.33. The lowest BCUT2D eigenvalue weighted by Gasteiger charge is -2.20. The smallest absolute Gasteiger partial charge is 0.236 e. The predicted molar refractivity (Wildman–Crippen MR) is 76.1 cm³/mol. The highest BCUT2D eigenvalue weighted by Crippen LogP contribution is 2.28. The molecule has 6 heteroatoms. The van der Waals surface area contributed by atoms with Gasteiger partial charge in [0.05, 0.1) is 11.1 Å². The lowest BCUT2D eigenvalue weighted by molar-refractivity contribution is -0.122. The largest absolute Gasteiger partial charge is 0.355 e. The third-order valence-corrected chi connectivity index (χ3v) is 3.37. The summed E-state index contributed by atoms with van der Waals surface area (Å²) in [4.78, 5) is 11.6. The molecular weight excluding hydrogens is 290 g/mol. The van der Waals surface area contributed by atoms with E-state index in [1.54, 1.807) is 6.92 Å². The Morgan fingerprint density at radius 1 is 1.32 bits per heavy atom. The van der Waals surface area contributed by atoms with Crippen molar-refractivity contribution in [2.24, 2.45) is 0 Å². The van der Waals surface area contributed by atoms with E-state index in [1.165, 1.54) is 12.1 Å². The molecule has 0 saturated heterocycles. The first kappa shape index (κ1) is 16.2. The third-order valence-electron chi connectivity index (χ3n) is 2.75. The molecule has 19 heavy (non-hydrogen) atoms. The lowest BCUT2D eigenvalue weighted by atomic mass is 10.1. The van der Waals surface area contributed by atoms with Gasteiger partial charge in [-0.1, -0.05) is 23.2 Å². The summed E-state index contributed by atoms with van der Waals surface area (Å²) in [6.07, 6.45) is 0. The minimum Gasteiger partial charge on any atom is -0.355 e. The second-order valence-electron chi connectivity index (χ2n) is 4.29. The standard InChI is InChI=1S/C13H17Cl2FN2O/c1-4-17-13(19)8(3)18-7(2)9-5-12(16)11(15)6-10(9)14/h5-8,18H,4H2,1-3H3,(H,17,19). The molecule has 1 rings (SSSR count). The highest BCUT2D eigenvalue weighted by Gasteiger charge is 2.18. The van der Waals surface area contributed by atoms with Gasteiger partial charge < -0.3 is 5.32 Å². The van der Waals surface area contributed by atoms with Crippen LogP contribution in [0.15, 0.2) is 12.1 Å². The summed E-state index contributed by atoms with van der Waals surface area (Å²) in [6, 6.07) is 1.98. The van der Waals surface area contributed by atoms with Crippen LogP contribution in [0.25, 0.3) is 0 Å². The van der Waals surface area contributed by atoms with E-state index in [4.69, 9.17) is 23.2 Å². The fourth-order valence-electron chi connectivity index (χ4n) is 1.74. The minimum atomic E-state index is -0.527. The van der Waals surface area contributed by atoms with Crippen molar-refractivity contribution in [1.82, 2.24) is 10.6 Å². The van der Waals surface area contributed by atoms with Gasteiger partial charge in [-0.25, -0.2) is 4.39 Å². The molecule has 1 aromatic rings. The summed E-state index contributed by atoms with van der Waals surface area (Å²) in [5.41, 5.74) is 0.569.